The smallest absolute Gasteiger partial charge is 0.331 e. The first-order chi connectivity index (χ1) is 15.8. The van der Waals surface area contributed by atoms with Gasteiger partial charge in [0.05, 0.1) is 18.6 Å². The van der Waals surface area contributed by atoms with Crippen LogP contribution in [0.3, 0.4) is 0 Å². The monoisotopic (exact) mass is 464 g/mol. The molecule has 0 saturated heterocycles. The third-order valence-electron chi connectivity index (χ3n) is 5.90. The lowest BCUT2D eigenvalue weighted by Crippen LogP contribution is -2.28. The van der Waals surface area contributed by atoms with E-state index < -0.39 is 30.3 Å². The number of aliphatic carboxylic acids is 1. The molecular formula is C27H44O6. The van der Waals surface area contributed by atoms with Crippen molar-refractivity contribution in [3.05, 3.63) is 35.5 Å². The first kappa shape index (κ1) is 29.1. The number of hydrogen-bond donors (Lipinski definition) is 3. The van der Waals surface area contributed by atoms with E-state index >= 15 is 0 Å². The number of hydrogen-bond acceptors (Lipinski definition) is 5. The summed E-state index contributed by atoms with van der Waals surface area (Å²) in [6.07, 6.45) is 15.7. The third kappa shape index (κ3) is 15.5. The predicted octanol–water partition coefficient (Wildman–Crippen LogP) is 5.63. The second-order valence-corrected chi connectivity index (χ2v) is 9.29. The van der Waals surface area contributed by atoms with Gasteiger partial charge in [0.2, 0.25) is 0 Å². The predicted molar refractivity (Wildman–Crippen MR) is 131 cm³/mol. The van der Waals surface area contributed by atoms with Crippen molar-refractivity contribution in [3.8, 4) is 0 Å². The number of rotatable bonds is 12. The quantitative estimate of drug-likeness (QED) is 0.196. The Balaban J connectivity index is 2.74. The number of aliphatic hydroxyl groups excluding tert-OH is 2. The molecule has 0 aromatic rings. The lowest BCUT2D eigenvalue weighted by molar-refractivity contribution is -0.146. The van der Waals surface area contributed by atoms with E-state index in [1.807, 2.05) is 25.2 Å². The zero-order valence-electron chi connectivity index (χ0n) is 20.5. The molecule has 1 aliphatic rings. The van der Waals surface area contributed by atoms with Gasteiger partial charge in [-0.1, -0.05) is 75.7 Å². The minimum Gasteiger partial charge on any atom is -0.481 e. The van der Waals surface area contributed by atoms with Crippen molar-refractivity contribution in [3.63, 3.8) is 0 Å². The largest absolute Gasteiger partial charge is 0.481 e. The van der Waals surface area contributed by atoms with E-state index in [0.29, 0.717) is 31.3 Å². The number of allylic oxidation sites excluding steroid dienone is 3. The molecule has 0 radical (unpaired) electrons. The van der Waals surface area contributed by atoms with E-state index in [1.54, 1.807) is 0 Å². The van der Waals surface area contributed by atoms with Gasteiger partial charge in [-0.25, -0.2) is 4.79 Å². The maximum Gasteiger partial charge on any atom is 0.331 e. The maximum absolute atomic E-state index is 12.5. The van der Waals surface area contributed by atoms with Gasteiger partial charge in [-0.05, 0) is 38.2 Å². The van der Waals surface area contributed by atoms with Gasteiger partial charge < -0.3 is 20.1 Å². The first-order valence-corrected chi connectivity index (χ1v) is 12.6. The van der Waals surface area contributed by atoms with Crippen LogP contribution >= 0.6 is 0 Å². The zero-order chi connectivity index (χ0) is 24.5. The normalized spacial score (nSPS) is 25.6. The van der Waals surface area contributed by atoms with Gasteiger partial charge in [0, 0.05) is 18.9 Å². The van der Waals surface area contributed by atoms with Gasteiger partial charge in [-0.3, -0.25) is 4.79 Å². The van der Waals surface area contributed by atoms with Crippen molar-refractivity contribution in [1.82, 2.24) is 0 Å². The van der Waals surface area contributed by atoms with Crippen molar-refractivity contribution >= 4 is 11.9 Å². The van der Waals surface area contributed by atoms with Crippen LogP contribution in [0.5, 0.6) is 0 Å². The highest BCUT2D eigenvalue weighted by Crippen LogP contribution is 2.20. The van der Waals surface area contributed by atoms with Crippen LogP contribution in [0.15, 0.2) is 35.5 Å². The van der Waals surface area contributed by atoms with Crippen LogP contribution in [0.4, 0.5) is 0 Å². The fourth-order valence-corrected chi connectivity index (χ4v) is 4.13. The number of carbonyl (C=O) groups excluding carboxylic acids is 1. The number of carboxylic acids is 1. The van der Waals surface area contributed by atoms with Crippen LogP contribution in [-0.4, -0.2) is 45.6 Å². The Hall–Kier alpha value is -1.92. The molecule has 1 heterocycles. The standard InChI is InChI=1S/C27H44O6/c1-3-4-5-6-7-8-12-15-23(28)19-25-20-24(29)16-21(2)13-10-9-11-14-22(17-26(30)31)18-27(32)33-25/h9,11,13,18,23-25,28-29H,3-8,10,12,14-17,19-20H2,1-2H3,(H,30,31)/b11-9-,21-13-,22-18+/t23-,24-,25+/m1/s1. The molecule has 3 N–H and O–H groups in total. The van der Waals surface area contributed by atoms with E-state index in [4.69, 9.17) is 9.84 Å². The molecule has 0 aliphatic carbocycles. The zero-order valence-corrected chi connectivity index (χ0v) is 20.5. The maximum atomic E-state index is 12.5. The number of cyclic esters (lactones) is 1. The summed E-state index contributed by atoms with van der Waals surface area (Å²) in [6.45, 7) is 4.15. The molecule has 6 heteroatoms. The van der Waals surface area contributed by atoms with Gasteiger partial charge in [0.1, 0.15) is 6.10 Å². The highest BCUT2D eigenvalue weighted by molar-refractivity contribution is 5.84. The number of aliphatic hydroxyl groups is 2. The summed E-state index contributed by atoms with van der Waals surface area (Å²) in [5.41, 5.74) is 1.50. The average Bonchev–Trinajstić information content (AvgIpc) is 2.71. The van der Waals surface area contributed by atoms with Crippen molar-refractivity contribution in [1.29, 1.82) is 0 Å². The number of carboxylic acid groups (broad SMARTS) is 1. The number of esters is 1. The van der Waals surface area contributed by atoms with E-state index in [0.717, 1.165) is 18.4 Å². The van der Waals surface area contributed by atoms with Gasteiger partial charge in [-0.15, -0.1) is 0 Å². The molecule has 0 bridgehead atoms. The fourth-order valence-electron chi connectivity index (χ4n) is 4.13. The van der Waals surface area contributed by atoms with Crippen LogP contribution in [0.1, 0.15) is 104 Å². The Labute approximate surface area is 199 Å². The molecule has 188 valence electrons. The molecule has 0 aromatic heterocycles. The van der Waals surface area contributed by atoms with Crippen LogP contribution in [0.2, 0.25) is 0 Å². The molecule has 0 spiro atoms. The summed E-state index contributed by atoms with van der Waals surface area (Å²) in [4.78, 5) is 23.7. The minimum absolute atomic E-state index is 0.234. The van der Waals surface area contributed by atoms with Crippen molar-refractivity contribution in [2.75, 3.05) is 0 Å². The van der Waals surface area contributed by atoms with Crippen LogP contribution in [0.25, 0.3) is 0 Å². The van der Waals surface area contributed by atoms with E-state index in [1.165, 1.54) is 38.2 Å². The Morgan fingerprint density at radius 1 is 1.15 bits per heavy atom. The molecule has 0 aromatic carbocycles. The average molecular weight is 465 g/mol. The van der Waals surface area contributed by atoms with Gasteiger partial charge in [0.15, 0.2) is 0 Å². The van der Waals surface area contributed by atoms with E-state index in [2.05, 4.69) is 6.92 Å². The van der Waals surface area contributed by atoms with Crippen molar-refractivity contribution in [2.45, 2.75) is 122 Å². The van der Waals surface area contributed by atoms with Gasteiger partial charge in [0.25, 0.3) is 0 Å². The Morgan fingerprint density at radius 3 is 2.55 bits per heavy atom. The Morgan fingerprint density at radius 2 is 1.85 bits per heavy atom. The summed E-state index contributed by atoms with van der Waals surface area (Å²) in [5.74, 6) is -1.62. The van der Waals surface area contributed by atoms with Crippen molar-refractivity contribution in [2.24, 2.45) is 0 Å². The molecule has 0 unspecified atom stereocenters. The third-order valence-corrected chi connectivity index (χ3v) is 5.90. The van der Waals surface area contributed by atoms with Gasteiger partial charge in [-0.2, -0.15) is 0 Å². The molecule has 0 saturated carbocycles. The second-order valence-electron chi connectivity index (χ2n) is 9.29. The van der Waals surface area contributed by atoms with Gasteiger partial charge >= 0.3 is 11.9 Å². The molecule has 6 nitrogen and oxygen atoms in total. The van der Waals surface area contributed by atoms with Crippen LogP contribution < -0.4 is 0 Å². The van der Waals surface area contributed by atoms with Crippen LogP contribution in [-0.2, 0) is 14.3 Å². The summed E-state index contributed by atoms with van der Waals surface area (Å²) in [7, 11) is 0. The highest BCUT2D eigenvalue weighted by Gasteiger charge is 2.22. The number of carbonyl (C=O) groups is 2. The molecule has 0 amide bonds. The lowest BCUT2D eigenvalue weighted by Gasteiger charge is -2.23. The molecular weight excluding hydrogens is 420 g/mol. The Bertz CT molecular complexity index is 664. The van der Waals surface area contributed by atoms with E-state index in [9.17, 15) is 19.8 Å². The molecule has 0 fully saturated rings. The van der Waals surface area contributed by atoms with Crippen LogP contribution in [0, 0.1) is 0 Å². The second kappa shape index (κ2) is 17.5. The summed E-state index contributed by atoms with van der Waals surface area (Å²) < 4.78 is 5.58. The minimum atomic E-state index is -1.00. The van der Waals surface area contributed by atoms with E-state index in [-0.39, 0.29) is 19.3 Å². The molecule has 3 atom stereocenters. The number of unbranched alkanes of at least 4 members (excludes halogenated alkanes) is 6. The first-order valence-electron chi connectivity index (χ1n) is 12.6. The molecule has 1 aliphatic heterocycles. The SMILES string of the molecule is CCCCCCCCC[C@@H](O)C[C@H]1C[C@H](O)C/C(C)=C\C/C=C\C/C(CC(=O)O)=C\C(=O)O1. The Kier molecular flexibility index (Phi) is 15.5. The summed E-state index contributed by atoms with van der Waals surface area (Å²) >= 11 is 0. The fraction of sp³-hybridized carbons (Fsp3) is 0.704. The highest BCUT2D eigenvalue weighted by atomic mass is 16.5. The summed E-state index contributed by atoms with van der Waals surface area (Å²) in [5, 5.41) is 30.2. The summed E-state index contributed by atoms with van der Waals surface area (Å²) in [6, 6.07) is 0. The number of ether oxygens (including phenoxy) is 1. The molecule has 1 rings (SSSR count). The molecule has 33 heavy (non-hydrogen) atoms. The topological polar surface area (TPSA) is 104 Å². The van der Waals surface area contributed by atoms with Crippen molar-refractivity contribution < 1.29 is 29.6 Å². The lowest BCUT2D eigenvalue weighted by atomic mass is 9.97.